The average Bonchev–Trinajstić information content (AvgIpc) is 2.44. The molecule has 1 aromatic carbocycles. The molecule has 0 saturated carbocycles. The molecule has 0 saturated heterocycles. The van der Waals surface area contributed by atoms with E-state index in [9.17, 15) is 4.79 Å². The number of carbonyl (C=O) groups excluding carboxylic acids is 1. The zero-order chi connectivity index (χ0) is 16.0. The summed E-state index contributed by atoms with van der Waals surface area (Å²) in [5, 5.41) is 3.49. The molecule has 0 bridgehead atoms. The molecule has 1 atom stereocenters. The number of methoxy groups -OCH3 is 2. The second-order valence-electron chi connectivity index (χ2n) is 4.71. The largest absolute Gasteiger partial charge is 0.493 e. The van der Waals surface area contributed by atoms with Gasteiger partial charge in [0.1, 0.15) is 6.04 Å². The molecule has 6 heteroatoms. The average molecular weight is 316 g/mol. The van der Waals surface area contributed by atoms with Crippen molar-refractivity contribution < 1.29 is 19.0 Å². The van der Waals surface area contributed by atoms with Gasteiger partial charge in [-0.25, -0.2) is 4.79 Å². The monoisotopic (exact) mass is 315 g/mol. The SMILES string of the molecule is CCOC(=O)C(NC(C)C)c1ccc(OC)c(OC)c1Cl. The summed E-state index contributed by atoms with van der Waals surface area (Å²) in [7, 11) is 3.03. The van der Waals surface area contributed by atoms with Gasteiger partial charge in [-0.3, -0.25) is 5.32 Å². The fourth-order valence-electron chi connectivity index (χ4n) is 1.97. The molecule has 0 fully saturated rings. The smallest absolute Gasteiger partial charge is 0.327 e. The molecule has 0 radical (unpaired) electrons. The van der Waals surface area contributed by atoms with Gasteiger partial charge in [0, 0.05) is 11.6 Å². The second-order valence-corrected chi connectivity index (χ2v) is 5.09. The third kappa shape index (κ3) is 4.25. The third-order valence-corrected chi connectivity index (χ3v) is 3.24. The topological polar surface area (TPSA) is 56.8 Å². The van der Waals surface area contributed by atoms with E-state index in [1.54, 1.807) is 19.1 Å². The van der Waals surface area contributed by atoms with Crippen LogP contribution in [0, 0.1) is 0 Å². The van der Waals surface area contributed by atoms with E-state index >= 15 is 0 Å². The summed E-state index contributed by atoms with van der Waals surface area (Å²) < 4.78 is 15.6. The van der Waals surface area contributed by atoms with E-state index in [0.29, 0.717) is 28.7 Å². The Labute approximate surface area is 130 Å². The summed E-state index contributed by atoms with van der Waals surface area (Å²) in [5.74, 6) is 0.537. The zero-order valence-corrected chi connectivity index (χ0v) is 13.8. The lowest BCUT2D eigenvalue weighted by Gasteiger charge is -2.22. The minimum atomic E-state index is -0.655. The van der Waals surface area contributed by atoms with Gasteiger partial charge >= 0.3 is 5.97 Å². The van der Waals surface area contributed by atoms with E-state index in [0.717, 1.165) is 0 Å². The van der Waals surface area contributed by atoms with Gasteiger partial charge in [0.25, 0.3) is 0 Å². The highest BCUT2D eigenvalue weighted by Gasteiger charge is 2.27. The summed E-state index contributed by atoms with van der Waals surface area (Å²) >= 11 is 6.36. The van der Waals surface area contributed by atoms with Crippen LogP contribution in [0.25, 0.3) is 0 Å². The molecule has 0 amide bonds. The zero-order valence-electron chi connectivity index (χ0n) is 13.0. The molecule has 1 rings (SSSR count). The maximum atomic E-state index is 12.2. The predicted molar refractivity (Wildman–Crippen MR) is 82.2 cm³/mol. The van der Waals surface area contributed by atoms with Gasteiger partial charge in [-0.15, -0.1) is 0 Å². The Kier molecular flexibility index (Phi) is 6.78. The first-order valence-electron chi connectivity index (χ1n) is 6.79. The van der Waals surface area contributed by atoms with E-state index in [4.69, 9.17) is 25.8 Å². The molecule has 0 aromatic heterocycles. The number of halogens is 1. The van der Waals surface area contributed by atoms with Gasteiger partial charge < -0.3 is 14.2 Å². The highest BCUT2D eigenvalue weighted by atomic mass is 35.5. The molecular weight excluding hydrogens is 294 g/mol. The number of hydrogen-bond acceptors (Lipinski definition) is 5. The standard InChI is InChI=1S/C15H22ClNO4/c1-6-21-15(18)13(17-9(2)3)10-7-8-11(19-4)14(20-5)12(10)16/h7-9,13,17H,6H2,1-5H3. The van der Waals surface area contributed by atoms with Crippen LogP contribution in [0.5, 0.6) is 11.5 Å². The highest BCUT2D eigenvalue weighted by molar-refractivity contribution is 6.33. The minimum absolute atomic E-state index is 0.0866. The number of hydrogen-bond donors (Lipinski definition) is 1. The molecular formula is C15H22ClNO4. The Morgan fingerprint density at radius 2 is 1.95 bits per heavy atom. The van der Waals surface area contributed by atoms with Gasteiger partial charge in [-0.2, -0.15) is 0 Å². The van der Waals surface area contributed by atoms with Crippen molar-refractivity contribution in [2.75, 3.05) is 20.8 Å². The Bertz CT molecular complexity index is 491. The number of rotatable bonds is 7. The first-order chi connectivity index (χ1) is 9.96. The van der Waals surface area contributed by atoms with Crippen molar-refractivity contribution in [2.45, 2.75) is 32.9 Å². The molecule has 0 aliphatic heterocycles. The van der Waals surface area contributed by atoms with Crippen molar-refractivity contribution in [2.24, 2.45) is 0 Å². The van der Waals surface area contributed by atoms with Crippen LogP contribution in [0.3, 0.4) is 0 Å². The van der Waals surface area contributed by atoms with Crippen LogP contribution in [0.4, 0.5) is 0 Å². The van der Waals surface area contributed by atoms with Gasteiger partial charge in [0.2, 0.25) is 0 Å². The normalized spacial score (nSPS) is 12.1. The van der Waals surface area contributed by atoms with E-state index in [-0.39, 0.29) is 12.0 Å². The molecule has 0 spiro atoms. The molecule has 0 aliphatic rings. The van der Waals surface area contributed by atoms with Crippen LogP contribution >= 0.6 is 11.6 Å². The Hall–Kier alpha value is -1.46. The second kappa shape index (κ2) is 8.10. The van der Waals surface area contributed by atoms with Gasteiger partial charge in [-0.05, 0) is 26.8 Å². The maximum absolute atomic E-state index is 12.2. The van der Waals surface area contributed by atoms with Gasteiger partial charge in [-0.1, -0.05) is 17.7 Å². The highest BCUT2D eigenvalue weighted by Crippen LogP contribution is 2.39. The molecule has 1 aromatic rings. The van der Waals surface area contributed by atoms with Crippen molar-refractivity contribution in [1.29, 1.82) is 0 Å². The number of esters is 1. The van der Waals surface area contributed by atoms with Crippen LogP contribution in [0.2, 0.25) is 5.02 Å². The van der Waals surface area contributed by atoms with Crippen LogP contribution < -0.4 is 14.8 Å². The number of nitrogens with one attached hydrogen (secondary N) is 1. The number of ether oxygens (including phenoxy) is 3. The van der Waals surface area contributed by atoms with Crippen molar-refractivity contribution in [3.63, 3.8) is 0 Å². The first-order valence-corrected chi connectivity index (χ1v) is 7.17. The van der Waals surface area contributed by atoms with E-state index in [1.807, 2.05) is 13.8 Å². The van der Waals surface area contributed by atoms with Crippen LogP contribution in [0.1, 0.15) is 32.4 Å². The minimum Gasteiger partial charge on any atom is -0.493 e. The molecule has 118 valence electrons. The lowest BCUT2D eigenvalue weighted by atomic mass is 10.0. The Balaban J connectivity index is 3.27. The lowest BCUT2D eigenvalue weighted by molar-refractivity contribution is -0.146. The number of benzene rings is 1. The lowest BCUT2D eigenvalue weighted by Crippen LogP contribution is -2.35. The Morgan fingerprint density at radius 1 is 1.29 bits per heavy atom. The summed E-state index contributed by atoms with van der Waals surface area (Å²) in [6.07, 6.45) is 0. The van der Waals surface area contributed by atoms with E-state index < -0.39 is 6.04 Å². The molecule has 1 unspecified atom stereocenters. The molecule has 21 heavy (non-hydrogen) atoms. The van der Waals surface area contributed by atoms with E-state index in [2.05, 4.69) is 5.32 Å². The number of carbonyl (C=O) groups is 1. The van der Waals surface area contributed by atoms with Crippen molar-refractivity contribution in [3.8, 4) is 11.5 Å². The van der Waals surface area contributed by atoms with Gasteiger partial charge in [0.05, 0.1) is 25.8 Å². The molecule has 5 nitrogen and oxygen atoms in total. The van der Waals surface area contributed by atoms with Crippen molar-refractivity contribution in [1.82, 2.24) is 5.32 Å². The fourth-order valence-corrected chi connectivity index (χ4v) is 2.31. The predicted octanol–water partition coefficient (Wildman–Crippen LogP) is 2.96. The third-order valence-electron chi connectivity index (χ3n) is 2.85. The van der Waals surface area contributed by atoms with Crippen LogP contribution in [-0.2, 0) is 9.53 Å². The quantitative estimate of drug-likeness (QED) is 0.784. The van der Waals surface area contributed by atoms with Crippen molar-refractivity contribution in [3.05, 3.63) is 22.7 Å². The van der Waals surface area contributed by atoms with Crippen LogP contribution in [0.15, 0.2) is 12.1 Å². The summed E-state index contributed by atoms with van der Waals surface area (Å²) in [5.41, 5.74) is 0.599. The summed E-state index contributed by atoms with van der Waals surface area (Å²) in [4.78, 5) is 12.2. The maximum Gasteiger partial charge on any atom is 0.327 e. The fraction of sp³-hybridized carbons (Fsp3) is 0.533. The van der Waals surface area contributed by atoms with Crippen molar-refractivity contribution >= 4 is 17.6 Å². The first kappa shape index (κ1) is 17.6. The summed E-state index contributed by atoms with van der Waals surface area (Å²) in [6, 6.07) is 2.88. The summed E-state index contributed by atoms with van der Waals surface area (Å²) in [6.45, 7) is 5.96. The molecule has 0 heterocycles. The molecule has 1 N–H and O–H groups in total. The van der Waals surface area contributed by atoms with Crippen LogP contribution in [-0.4, -0.2) is 32.8 Å². The van der Waals surface area contributed by atoms with Gasteiger partial charge in [0.15, 0.2) is 11.5 Å². The Morgan fingerprint density at radius 3 is 2.43 bits per heavy atom. The molecule has 0 aliphatic carbocycles. The van der Waals surface area contributed by atoms with E-state index in [1.165, 1.54) is 14.2 Å².